The van der Waals surface area contributed by atoms with E-state index in [9.17, 15) is 18.0 Å². The number of benzene rings is 1. The van der Waals surface area contributed by atoms with Crippen molar-refractivity contribution in [3.8, 4) is 5.75 Å². The third-order valence-corrected chi connectivity index (χ3v) is 5.88. The fourth-order valence-electron chi connectivity index (χ4n) is 2.76. The highest BCUT2D eigenvalue weighted by Crippen LogP contribution is 2.34. The molecule has 0 aliphatic carbocycles. The van der Waals surface area contributed by atoms with Crippen molar-refractivity contribution in [1.82, 2.24) is 4.31 Å². The zero-order valence-electron chi connectivity index (χ0n) is 12.4. The number of nitrogens with zero attached hydrogens (tertiary/aromatic N) is 1. The van der Waals surface area contributed by atoms with Gasteiger partial charge in [-0.25, -0.2) is 8.42 Å². The van der Waals surface area contributed by atoms with E-state index in [-0.39, 0.29) is 29.5 Å². The number of carbonyl (C=O) groups excluding carboxylic acids is 1. The number of aliphatic carboxylic acids is 1. The van der Waals surface area contributed by atoms with E-state index in [0.717, 1.165) is 4.31 Å². The average molecular weight is 340 g/mol. The summed E-state index contributed by atoms with van der Waals surface area (Å²) in [7, 11) is -3.95. The van der Waals surface area contributed by atoms with Crippen molar-refractivity contribution in [2.45, 2.75) is 36.8 Å². The fraction of sp³-hybridized carbons (Fsp3) is 0.429. The Balaban J connectivity index is 1.97. The lowest BCUT2D eigenvalue weighted by Gasteiger charge is -2.25. The number of amides is 1. The monoisotopic (exact) mass is 340 g/mol. The van der Waals surface area contributed by atoms with Crippen molar-refractivity contribution in [2.75, 3.05) is 11.9 Å². The first kappa shape index (κ1) is 15.8. The molecular formula is C14H16N2O6S. The third kappa shape index (κ3) is 2.66. The summed E-state index contributed by atoms with van der Waals surface area (Å²) < 4.78 is 31.8. The van der Waals surface area contributed by atoms with Gasteiger partial charge in [-0.3, -0.25) is 9.59 Å². The summed E-state index contributed by atoms with van der Waals surface area (Å²) >= 11 is 0. The molecule has 1 saturated heterocycles. The van der Waals surface area contributed by atoms with Crippen LogP contribution in [-0.4, -0.2) is 48.4 Å². The number of anilines is 1. The molecule has 2 unspecified atom stereocenters. The van der Waals surface area contributed by atoms with Gasteiger partial charge in [0, 0.05) is 6.54 Å². The molecule has 0 radical (unpaired) electrons. The van der Waals surface area contributed by atoms with Crippen LogP contribution in [0.1, 0.15) is 19.8 Å². The Kier molecular flexibility index (Phi) is 3.77. The van der Waals surface area contributed by atoms with Gasteiger partial charge in [-0.1, -0.05) is 0 Å². The van der Waals surface area contributed by atoms with Gasteiger partial charge in [-0.05, 0) is 38.0 Å². The van der Waals surface area contributed by atoms with E-state index in [1.165, 1.54) is 18.2 Å². The lowest BCUT2D eigenvalue weighted by atomic mass is 10.2. The number of carbonyl (C=O) groups is 2. The second-order valence-electron chi connectivity index (χ2n) is 5.52. The quantitative estimate of drug-likeness (QED) is 0.835. The molecule has 3 rings (SSSR count). The Morgan fingerprint density at radius 1 is 1.43 bits per heavy atom. The molecule has 0 aromatic heterocycles. The topological polar surface area (TPSA) is 113 Å². The van der Waals surface area contributed by atoms with Gasteiger partial charge >= 0.3 is 5.97 Å². The van der Waals surface area contributed by atoms with Gasteiger partial charge in [-0.15, -0.1) is 0 Å². The summed E-state index contributed by atoms with van der Waals surface area (Å²) in [6.07, 6.45) is 0.134. The normalized spacial score (nSPS) is 24.7. The van der Waals surface area contributed by atoms with Crippen molar-refractivity contribution in [2.24, 2.45) is 0 Å². The maximum Gasteiger partial charge on any atom is 0.322 e. The molecule has 8 nitrogen and oxygen atoms in total. The predicted octanol–water partition coefficient (Wildman–Crippen LogP) is 0.644. The van der Waals surface area contributed by atoms with E-state index in [4.69, 9.17) is 9.84 Å². The Labute approximate surface area is 133 Å². The van der Waals surface area contributed by atoms with Crippen LogP contribution in [0.3, 0.4) is 0 Å². The van der Waals surface area contributed by atoms with Gasteiger partial charge < -0.3 is 15.2 Å². The number of sulfonamides is 1. The molecule has 2 atom stereocenters. The highest BCUT2D eigenvalue weighted by atomic mass is 32.2. The van der Waals surface area contributed by atoms with Crippen LogP contribution < -0.4 is 10.1 Å². The minimum absolute atomic E-state index is 0.0668. The lowest BCUT2D eigenvalue weighted by molar-refractivity contribution is -0.140. The first-order valence-electron chi connectivity index (χ1n) is 7.17. The van der Waals surface area contributed by atoms with Crippen LogP contribution in [0.15, 0.2) is 23.1 Å². The first-order chi connectivity index (χ1) is 10.8. The molecule has 0 spiro atoms. The van der Waals surface area contributed by atoms with Gasteiger partial charge in [0.2, 0.25) is 10.0 Å². The smallest absolute Gasteiger partial charge is 0.322 e. The van der Waals surface area contributed by atoms with Crippen molar-refractivity contribution in [3.63, 3.8) is 0 Å². The SMILES string of the molecule is CC1Oc2ccc(S(=O)(=O)N3CCCC3C(=O)O)cc2NC1=O. The summed E-state index contributed by atoms with van der Waals surface area (Å²) in [5, 5.41) is 11.8. The number of fused-ring (bicyclic) bond motifs is 1. The van der Waals surface area contributed by atoms with Crippen LogP contribution >= 0.6 is 0 Å². The highest BCUT2D eigenvalue weighted by Gasteiger charge is 2.40. The van der Waals surface area contributed by atoms with Crippen LogP contribution in [0.4, 0.5) is 5.69 Å². The molecule has 2 aliphatic rings. The molecule has 0 saturated carbocycles. The molecule has 1 amide bonds. The number of ether oxygens (including phenoxy) is 1. The fourth-order valence-corrected chi connectivity index (χ4v) is 4.44. The minimum Gasteiger partial charge on any atom is -0.480 e. The van der Waals surface area contributed by atoms with Gasteiger partial charge in [0.05, 0.1) is 10.6 Å². The molecule has 1 fully saturated rings. The van der Waals surface area contributed by atoms with E-state index < -0.39 is 28.1 Å². The molecule has 124 valence electrons. The maximum atomic E-state index is 12.7. The van der Waals surface area contributed by atoms with Crippen LogP contribution in [0.5, 0.6) is 5.75 Å². The van der Waals surface area contributed by atoms with Gasteiger partial charge in [0.15, 0.2) is 6.10 Å². The zero-order chi connectivity index (χ0) is 16.8. The second-order valence-corrected chi connectivity index (χ2v) is 7.41. The van der Waals surface area contributed by atoms with E-state index in [0.29, 0.717) is 12.2 Å². The number of rotatable bonds is 3. The minimum atomic E-state index is -3.95. The van der Waals surface area contributed by atoms with Crippen LogP contribution in [0.25, 0.3) is 0 Å². The van der Waals surface area contributed by atoms with E-state index >= 15 is 0 Å². The summed E-state index contributed by atoms with van der Waals surface area (Å²) in [6.45, 7) is 1.75. The highest BCUT2D eigenvalue weighted by molar-refractivity contribution is 7.89. The largest absolute Gasteiger partial charge is 0.480 e. The number of carboxylic acid groups (broad SMARTS) is 1. The average Bonchev–Trinajstić information content (AvgIpc) is 2.98. The van der Waals surface area contributed by atoms with Crippen molar-refractivity contribution in [3.05, 3.63) is 18.2 Å². The van der Waals surface area contributed by atoms with Crippen molar-refractivity contribution in [1.29, 1.82) is 0 Å². The van der Waals surface area contributed by atoms with E-state index in [2.05, 4.69) is 5.32 Å². The van der Waals surface area contributed by atoms with E-state index in [1.807, 2.05) is 0 Å². The Bertz CT molecular complexity index is 775. The summed E-state index contributed by atoms with van der Waals surface area (Å²) in [6, 6.07) is 3.06. The van der Waals surface area contributed by atoms with Crippen molar-refractivity contribution >= 4 is 27.6 Å². The molecular weight excluding hydrogens is 324 g/mol. The Morgan fingerprint density at radius 2 is 2.17 bits per heavy atom. The molecule has 1 aromatic carbocycles. The lowest BCUT2D eigenvalue weighted by Crippen LogP contribution is -2.40. The number of carboxylic acids is 1. The van der Waals surface area contributed by atoms with Gasteiger partial charge in [0.1, 0.15) is 11.8 Å². The number of nitrogens with one attached hydrogen (secondary N) is 1. The zero-order valence-corrected chi connectivity index (χ0v) is 13.2. The maximum absolute atomic E-state index is 12.7. The summed E-state index contributed by atoms with van der Waals surface area (Å²) in [4.78, 5) is 22.8. The first-order valence-corrected chi connectivity index (χ1v) is 8.61. The second kappa shape index (κ2) is 5.50. The molecule has 2 aliphatic heterocycles. The van der Waals surface area contributed by atoms with Gasteiger partial charge in [-0.2, -0.15) is 4.31 Å². The third-order valence-electron chi connectivity index (χ3n) is 3.98. The molecule has 0 bridgehead atoms. The molecule has 23 heavy (non-hydrogen) atoms. The standard InChI is InChI=1S/C14H16N2O6S/c1-8-13(17)15-10-7-9(4-5-12(10)22-8)23(20,21)16-6-2-3-11(16)14(18)19/h4-5,7-8,11H,2-3,6H2,1H3,(H,15,17)(H,18,19). The Morgan fingerprint density at radius 3 is 2.87 bits per heavy atom. The van der Waals surface area contributed by atoms with Crippen LogP contribution in [-0.2, 0) is 19.6 Å². The Hall–Kier alpha value is -2.13. The van der Waals surface area contributed by atoms with Crippen LogP contribution in [0, 0.1) is 0 Å². The summed E-state index contributed by atoms with van der Waals surface area (Å²) in [5.74, 6) is -1.14. The predicted molar refractivity (Wildman–Crippen MR) is 79.7 cm³/mol. The molecule has 2 N–H and O–H groups in total. The number of hydrogen-bond donors (Lipinski definition) is 2. The summed E-state index contributed by atoms with van der Waals surface area (Å²) in [5.41, 5.74) is 0.264. The molecule has 2 heterocycles. The van der Waals surface area contributed by atoms with Gasteiger partial charge in [0.25, 0.3) is 5.91 Å². The molecule has 1 aromatic rings. The molecule has 9 heteroatoms. The van der Waals surface area contributed by atoms with Crippen LogP contribution in [0.2, 0.25) is 0 Å². The number of hydrogen-bond acceptors (Lipinski definition) is 5. The van der Waals surface area contributed by atoms with E-state index in [1.54, 1.807) is 6.92 Å². The van der Waals surface area contributed by atoms with Crippen molar-refractivity contribution < 1.29 is 27.9 Å².